The van der Waals surface area contributed by atoms with E-state index in [1.54, 1.807) is 25.6 Å². The molecule has 0 saturated carbocycles. The maximum absolute atomic E-state index is 5.34. The van der Waals surface area contributed by atoms with Crippen molar-refractivity contribution in [1.29, 1.82) is 0 Å². The Labute approximate surface area is 134 Å². The van der Waals surface area contributed by atoms with E-state index < -0.39 is 0 Å². The molecule has 21 heavy (non-hydrogen) atoms. The number of anilines is 1. The van der Waals surface area contributed by atoms with E-state index in [0.29, 0.717) is 12.4 Å². The first-order valence-electron chi connectivity index (χ1n) is 6.28. The highest BCUT2D eigenvalue weighted by atomic mass is 79.9. The molecule has 2 heterocycles. The van der Waals surface area contributed by atoms with Crippen LogP contribution in [0.3, 0.4) is 0 Å². The Morgan fingerprint density at radius 1 is 1.33 bits per heavy atom. The Kier molecular flexibility index (Phi) is 4.03. The Bertz CT molecular complexity index is 769. The molecule has 0 saturated heterocycles. The van der Waals surface area contributed by atoms with Crippen molar-refractivity contribution >= 4 is 37.9 Å². The van der Waals surface area contributed by atoms with Crippen molar-refractivity contribution in [3.63, 3.8) is 0 Å². The number of rotatable bonds is 5. The number of halogens is 1. The maximum atomic E-state index is 5.34. The van der Waals surface area contributed by atoms with Crippen molar-refractivity contribution in [2.45, 2.75) is 6.54 Å². The zero-order chi connectivity index (χ0) is 14.8. The van der Waals surface area contributed by atoms with Crippen LogP contribution in [0.2, 0.25) is 0 Å². The fourth-order valence-electron chi connectivity index (χ4n) is 2.09. The minimum Gasteiger partial charge on any atom is -0.495 e. The quantitative estimate of drug-likeness (QED) is 0.745. The van der Waals surface area contributed by atoms with Crippen LogP contribution >= 0.6 is 27.3 Å². The van der Waals surface area contributed by atoms with E-state index in [1.165, 1.54) is 0 Å². The second-order valence-corrected chi connectivity index (χ2v) is 6.05. The second-order valence-electron chi connectivity index (χ2n) is 4.33. The number of nitrogens with one attached hydrogen (secondary N) is 1. The van der Waals surface area contributed by atoms with Gasteiger partial charge in [0.15, 0.2) is 4.96 Å². The molecule has 0 bridgehead atoms. The molecule has 5 nitrogen and oxygen atoms in total. The fourth-order valence-corrected chi connectivity index (χ4v) is 3.23. The Balaban J connectivity index is 1.84. The molecule has 0 fully saturated rings. The van der Waals surface area contributed by atoms with Crippen LogP contribution in [0.4, 0.5) is 5.69 Å². The van der Waals surface area contributed by atoms with Crippen LogP contribution < -0.4 is 14.8 Å². The minimum atomic E-state index is 0.617. The van der Waals surface area contributed by atoms with Crippen LogP contribution in [-0.4, -0.2) is 23.6 Å². The molecule has 0 amide bonds. The largest absolute Gasteiger partial charge is 0.495 e. The highest BCUT2D eigenvalue weighted by Gasteiger charge is 2.13. The summed E-state index contributed by atoms with van der Waals surface area (Å²) in [5.41, 5.74) is 1.97. The number of hydrogen-bond donors (Lipinski definition) is 1. The number of fused-ring (bicyclic) bond motifs is 1. The molecule has 1 N–H and O–H groups in total. The van der Waals surface area contributed by atoms with Crippen LogP contribution in [0.15, 0.2) is 34.2 Å². The highest BCUT2D eigenvalue weighted by Crippen LogP contribution is 2.29. The Hall–Kier alpha value is -1.73. The topological polar surface area (TPSA) is 47.8 Å². The molecular weight excluding hydrogens is 354 g/mol. The van der Waals surface area contributed by atoms with E-state index >= 15 is 0 Å². The number of hydrogen-bond acceptors (Lipinski definition) is 5. The van der Waals surface area contributed by atoms with Gasteiger partial charge in [0.1, 0.15) is 11.4 Å². The van der Waals surface area contributed by atoms with Gasteiger partial charge in [-0.15, -0.1) is 11.3 Å². The fraction of sp³-hybridized carbons (Fsp3) is 0.214. The van der Waals surface area contributed by atoms with Gasteiger partial charge in [-0.3, -0.25) is 4.40 Å². The normalized spacial score (nSPS) is 10.8. The number of thiazole rings is 1. The third kappa shape index (κ3) is 2.71. The van der Waals surface area contributed by atoms with Crippen molar-refractivity contribution in [3.05, 3.63) is 39.9 Å². The van der Waals surface area contributed by atoms with Crippen molar-refractivity contribution in [3.8, 4) is 11.6 Å². The van der Waals surface area contributed by atoms with E-state index in [9.17, 15) is 0 Å². The van der Waals surface area contributed by atoms with E-state index in [1.807, 2.05) is 34.2 Å². The summed E-state index contributed by atoms with van der Waals surface area (Å²) in [6.07, 6.45) is 1.99. The number of imidazole rings is 1. The second kappa shape index (κ2) is 5.95. The molecule has 0 atom stereocenters. The molecule has 0 unspecified atom stereocenters. The number of aromatic nitrogens is 2. The van der Waals surface area contributed by atoms with E-state index in [-0.39, 0.29) is 0 Å². The van der Waals surface area contributed by atoms with Gasteiger partial charge in [0.2, 0.25) is 5.88 Å². The number of methoxy groups -OCH3 is 2. The molecule has 1 aromatic carbocycles. The third-order valence-corrected chi connectivity index (χ3v) is 4.54. The van der Waals surface area contributed by atoms with Gasteiger partial charge >= 0.3 is 0 Å². The average molecular weight is 368 g/mol. The third-order valence-electron chi connectivity index (χ3n) is 3.13. The van der Waals surface area contributed by atoms with Crippen LogP contribution in [0, 0.1) is 0 Å². The first kappa shape index (κ1) is 14.2. The van der Waals surface area contributed by atoms with Gasteiger partial charge in [0.25, 0.3) is 0 Å². The predicted octanol–water partition coefficient (Wildman–Crippen LogP) is 3.79. The zero-order valence-corrected chi connectivity index (χ0v) is 14.0. The lowest BCUT2D eigenvalue weighted by atomic mass is 10.3. The van der Waals surface area contributed by atoms with Crippen molar-refractivity contribution in [2.24, 2.45) is 0 Å². The molecule has 0 aliphatic heterocycles. The lowest BCUT2D eigenvalue weighted by molar-refractivity contribution is 0.395. The van der Waals surface area contributed by atoms with Gasteiger partial charge in [-0.1, -0.05) is 0 Å². The molecule has 0 aliphatic rings. The highest BCUT2D eigenvalue weighted by molar-refractivity contribution is 9.10. The number of nitrogens with zero attached hydrogens (tertiary/aromatic N) is 2. The average Bonchev–Trinajstić information content (AvgIpc) is 3.07. The Morgan fingerprint density at radius 3 is 2.95 bits per heavy atom. The minimum absolute atomic E-state index is 0.617. The van der Waals surface area contributed by atoms with Gasteiger partial charge in [-0.05, 0) is 28.1 Å². The van der Waals surface area contributed by atoms with Gasteiger partial charge in [-0.2, -0.15) is 4.98 Å². The molecule has 0 spiro atoms. The van der Waals surface area contributed by atoms with Crippen LogP contribution in [0.5, 0.6) is 11.6 Å². The zero-order valence-electron chi connectivity index (χ0n) is 11.6. The summed E-state index contributed by atoms with van der Waals surface area (Å²) in [4.78, 5) is 5.37. The van der Waals surface area contributed by atoms with Gasteiger partial charge in [0.05, 0.1) is 25.2 Å². The summed E-state index contributed by atoms with van der Waals surface area (Å²) in [7, 11) is 3.29. The molecule has 7 heteroatoms. The van der Waals surface area contributed by atoms with Crippen molar-refractivity contribution < 1.29 is 9.47 Å². The molecular formula is C14H14BrN3O2S. The smallest absolute Gasteiger partial charge is 0.238 e. The molecule has 0 aliphatic carbocycles. The van der Waals surface area contributed by atoms with E-state index in [0.717, 1.165) is 26.6 Å². The van der Waals surface area contributed by atoms with Crippen molar-refractivity contribution in [2.75, 3.05) is 19.5 Å². The summed E-state index contributed by atoms with van der Waals surface area (Å²) in [6.45, 7) is 0.617. The predicted molar refractivity (Wildman–Crippen MR) is 87.6 cm³/mol. The van der Waals surface area contributed by atoms with Crippen molar-refractivity contribution in [1.82, 2.24) is 9.38 Å². The molecule has 3 aromatic rings. The standard InChI is InChI=1S/C14H14BrN3O2S/c1-19-12-7-9(3-4-10(12)15)16-8-11-13(20-2)17-14-18(11)5-6-21-14/h3-7,16H,8H2,1-2H3. The number of ether oxygens (including phenoxy) is 2. The summed E-state index contributed by atoms with van der Waals surface area (Å²) in [6, 6.07) is 5.89. The summed E-state index contributed by atoms with van der Waals surface area (Å²) < 4.78 is 13.6. The molecule has 3 rings (SSSR count). The van der Waals surface area contributed by atoms with Crippen LogP contribution in [0.1, 0.15) is 5.69 Å². The summed E-state index contributed by atoms with van der Waals surface area (Å²) >= 11 is 5.03. The van der Waals surface area contributed by atoms with E-state index in [4.69, 9.17) is 9.47 Å². The molecule has 2 aromatic heterocycles. The Morgan fingerprint density at radius 2 is 2.19 bits per heavy atom. The van der Waals surface area contributed by atoms with Crippen LogP contribution in [0.25, 0.3) is 4.96 Å². The molecule has 0 radical (unpaired) electrons. The first-order chi connectivity index (χ1) is 10.2. The summed E-state index contributed by atoms with van der Waals surface area (Å²) in [5.74, 6) is 1.44. The lowest BCUT2D eigenvalue weighted by Gasteiger charge is -2.10. The van der Waals surface area contributed by atoms with Gasteiger partial charge < -0.3 is 14.8 Å². The van der Waals surface area contributed by atoms with Crippen LogP contribution in [-0.2, 0) is 6.54 Å². The lowest BCUT2D eigenvalue weighted by Crippen LogP contribution is -2.04. The monoisotopic (exact) mass is 367 g/mol. The van der Waals surface area contributed by atoms with Gasteiger partial charge in [-0.25, -0.2) is 0 Å². The number of benzene rings is 1. The van der Waals surface area contributed by atoms with E-state index in [2.05, 4.69) is 26.2 Å². The SMILES string of the molecule is COc1cc(NCc2c(OC)nc3sccn23)ccc1Br. The maximum Gasteiger partial charge on any atom is 0.238 e. The van der Waals surface area contributed by atoms with Gasteiger partial charge in [0, 0.05) is 23.3 Å². The first-order valence-corrected chi connectivity index (χ1v) is 7.96. The summed E-state index contributed by atoms with van der Waals surface area (Å²) in [5, 5.41) is 5.38. The molecule has 110 valence electrons.